The van der Waals surface area contributed by atoms with Crippen molar-refractivity contribution in [1.29, 1.82) is 0 Å². The van der Waals surface area contributed by atoms with Crippen LogP contribution in [-0.2, 0) is 9.47 Å². The van der Waals surface area contributed by atoms with Crippen molar-refractivity contribution in [3.8, 4) is 11.8 Å². The van der Waals surface area contributed by atoms with E-state index in [1.807, 2.05) is 30.3 Å². The largest absolute Gasteiger partial charge is 0.382 e. The molecule has 1 rings (SSSR count). The summed E-state index contributed by atoms with van der Waals surface area (Å²) in [5.41, 5.74) is 1.04. The van der Waals surface area contributed by atoms with Gasteiger partial charge in [-0.2, -0.15) is 0 Å². The molecule has 0 aliphatic heterocycles. The second-order valence-electron chi connectivity index (χ2n) is 3.61. The normalized spacial score (nSPS) is 11.6. The Bertz CT molecular complexity index is 353. The highest BCUT2D eigenvalue weighted by Gasteiger charge is 2.04. The van der Waals surface area contributed by atoms with Gasteiger partial charge in [-0.1, -0.05) is 30.0 Å². The van der Waals surface area contributed by atoms with Crippen LogP contribution in [0.25, 0.3) is 0 Å². The summed E-state index contributed by atoms with van der Waals surface area (Å²) in [5, 5.41) is 3.21. The van der Waals surface area contributed by atoms with Crippen LogP contribution in [0.5, 0.6) is 0 Å². The molecule has 1 aromatic rings. The van der Waals surface area contributed by atoms with Crippen molar-refractivity contribution in [2.24, 2.45) is 0 Å². The van der Waals surface area contributed by atoms with Crippen molar-refractivity contribution >= 4 is 0 Å². The van der Waals surface area contributed by atoms with Gasteiger partial charge in [0, 0.05) is 26.3 Å². The number of methoxy groups -OCH3 is 2. The van der Waals surface area contributed by atoms with E-state index < -0.39 is 0 Å². The van der Waals surface area contributed by atoms with E-state index in [2.05, 4.69) is 17.2 Å². The van der Waals surface area contributed by atoms with Crippen molar-refractivity contribution in [3.63, 3.8) is 0 Å². The van der Waals surface area contributed by atoms with Crippen LogP contribution in [0.2, 0.25) is 0 Å². The van der Waals surface area contributed by atoms with Gasteiger partial charge in [-0.05, 0) is 12.1 Å². The highest BCUT2D eigenvalue weighted by molar-refractivity contribution is 5.33. The number of benzene rings is 1. The summed E-state index contributed by atoms with van der Waals surface area (Å²) in [6.45, 7) is 1.99. The van der Waals surface area contributed by atoms with Crippen LogP contribution in [-0.4, -0.2) is 40.0 Å². The monoisotopic (exact) mass is 233 g/mol. The number of nitrogens with one attached hydrogen (secondary N) is 1. The molecule has 3 nitrogen and oxygen atoms in total. The van der Waals surface area contributed by atoms with Gasteiger partial charge in [0.25, 0.3) is 0 Å². The molecule has 0 spiro atoms. The van der Waals surface area contributed by atoms with Crippen LogP contribution in [0.3, 0.4) is 0 Å². The minimum atomic E-state index is 0.0820. The summed E-state index contributed by atoms with van der Waals surface area (Å²) in [6.07, 6.45) is 0.0820. The molecular weight excluding hydrogens is 214 g/mol. The fourth-order valence-electron chi connectivity index (χ4n) is 1.36. The SMILES string of the molecule is COCC(CNCC#Cc1ccccc1)OC. The Morgan fingerprint density at radius 2 is 2.00 bits per heavy atom. The minimum absolute atomic E-state index is 0.0820. The van der Waals surface area contributed by atoms with Gasteiger partial charge in [-0.15, -0.1) is 0 Å². The molecule has 1 aromatic carbocycles. The van der Waals surface area contributed by atoms with Crippen molar-refractivity contribution in [2.45, 2.75) is 6.10 Å². The fraction of sp³-hybridized carbons (Fsp3) is 0.429. The molecule has 0 radical (unpaired) electrons. The second-order valence-corrected chi connectivity index (χ2v) is 3.61. The maximum Gasteiger partial charge on any atom is 0.0928 e. The summed E-state index contributed by atoms with van der Waals surface area (Å²) >= 11 is 0. The molecule has 0 bridgehead atoms. The molecule has 0 aromatic heterocycles. The average molecular weight is 233 g/mol. The molecule has 0 amide bonds. The molecule has 0 aliphatic rings. The van der Waals surface area contributed by atoms with E-state index in [0.29, 0.717) is 13.2 Å². The number of hydrogen-bond acceptors (Lipinski definition) is 3. The third-order valence-electron chi connectivity index (χ3n) is 2.28. The van der Waals surface area contributed by atoms with E-state index >= 15 is 0 Å². The molecule has 0 heterocycles. The zero-order valence-electron chi connectivity index (χ0n) is 10.4. The summed E-state index contributed by atoms with van der Waals surface area (Å²) in [5.74, 6) is 6.15. The second kappa shape index (κ2) is 8.77. The third kappa shape index (κ3) is 6.08. The Kier molecular flexibility index (Phi) is 7.08. The van der Waals surface area contributed by atoms with Crippen molar-refractivity contribution in [2.75, 3.05) is 33.9 Å². The molecule has 0 fully saturated rings. The predicted octanol–water partition coefficient (Wildman–Crippen LogP) is 1.29. The summed E-state index contributed by atoms with van der Waals surface area (Å²) in [6, 6.07) is 9.94. The lowest BCUT2D eigenvalue weighted by molar-refractivity contribution is 0.0296. The van der Waals surface area contributed by atoms with Crippen molar-refractivity contribution < 1.29 is 9.47 Å². The molecular formula is C14H19NO2. The van der Waals surface area contributed by atoms with Crippen LogP contribution in [0.15, 0.2) is 30.3 Å². The van der Waals surface area contributed by atoms with Gasteiger partial charge >= 0.3 is 0 Å². The van der Waals surface area contributed by atoms with E-state index in [-0.39, 0.29) is 6.10 Å². The smallest absolute Gasteiger partial charge is 0.0928 e. The Morgan fingerprint density at radius 1 is 1.24 bits per heavy atom. The van der Waals surface area contributed by atoms with Crippen molar-refractivity contribution in [3.05, 3.63) is 35.9 Å². The Labute approximate surface area is 103 Å². The molecule has 92 valence electrons. The highest BCUT2D eigenvalue weighted by Crippen LogP contribution is 1.94. The quantitative estimate of drug-likeness (QED) is 0.593. The number of ether oxygens (including phenoxy) is 2. The van der Waals surface area contributed by atoms with Crippen LogP contribution in [0, 0.1) is 11.8 Å². The van der Waals surface area contributed by atoms with E-state index in [0.717, 1.165) is 12.1 Å². The average Bonchev–Trinajstić information content (AvgIpc) is 2.38. The van der Waals surface area contributed by atoms with Crippen LogP contribution in [0.4, 0.5) is 0 Å². The molecule has 1 atom stereocenters. The van der Waals surface area contributed by atoms with Gasteiger partial charge in [-0.3, -0.25) is 0 Å². The molecule has 1 N–H and O–H groups in total. The Morgan fingerprint density at radius 3 is 2.65 bits per heavy atom. The molecule has 1 unspecified atom stereocenters. The zero-order valence-corrected chi connectivity index (χ0v) is 10.4. The Balaban J connectivity index is 2.22. The maximum absolute atomic E-state index is 5.22. The first kappa shape index (κ1) is 13.7. The zero-order chi connectivity index (χ0) is 12.3. The number of rotatable bonds is 6. The van der Waals surface area contributed by atoms with E-state index in [4.69, 9.17) is 9.47 Å². The van der Waals surface area contributed by atoms with E-state index in [9.17, 15) is 0 Å². The van der Waals surface area contributed by atoms with Crippen LogP contribution >= 0.6 is 0 Å². The lowest BCUT2D eigenvalue weighted by Crippen LogP contribution is -2.31. The van der Waals surface area contributed by atoms with Gasteiger partial charge in [-0.25, -0.2) is 0 Å². The topological polar surface area (TPSA) is 30.5 Å². The van der Waals surface area contributed by atoms with Gasteiger partial charge in [0.05, 0.1) is 19.3 Å². The molecule has 17 heavy (non-hydrogen) atoms. The third-order valence-corrected chi connectivity index (χ3v) is 2.28. The molecule has 0 saturated carbocycles. The maximum atomic E-state index is 5.22. The fourth-order valence-corrected chi connectivity index (χ4v) is 1.36. The Hall–Kier alpha value is -1.34. The van der Waals surface area contributed by atoms with Crippen LogP contribution < -0.4 is 5.32 Å². The lowest BCUT2D eigenvalue weighted by Gasteiger charge is -2.13. The van der Waals surface area contributed by atoms with Crippen molar-refractivity contribution in [1.82, 2.24) is 5.32 Å². The molecule has 0 aliphatic carbocycles. The van der Waals surface area contributed by atoms with E-state index in [1.54, 1.807) is 14.2 Å². The lowest BCUT2D eigenvalue weighted by atomic mass is 10.2. The summed E-state index contributed by atoms with van der Waals surface area (Å²) in [7, 11) is 3.35. The standard InChI is InChI=1S/C14H19NO2/c1-16-12-14(17-2)11-15-10-6-9-13-7-4-3-5-8-13/h3-5,7-8,14-15H,10-12H2,1-2H3. The van der Waals surface area contributed by atoms with Gasteiger partial charge < -0.3 is 14.8 Å². The first-order valence-electron chi connectivity index (χ1n) is 5.63. The first-order valence-corrected chi connectivity index (χ1v) is 5.63. The van der Waals surface area contributed by atoms with E-state index in [1.165, 1.54) is 0 Å². The highest BCUT2D eigenvalue weighted by atomic mass is 16.5. The first-order chi connectivity index (χ1) is 8.36. The number of hydrogen-bond donors (Lipinski definition) is 1. The summed E-state index contributed by atoms with van der Waals surface area (Å²) in [4.78, 5) is 0. The predicted molar refractivity (Wildman–Crippen MR) is 68.9 cm³/mol. The molecule has 0 saturated heterocycles. The van der Waals surface area contributed by atoms with Gasteiger partial charge in [0.15, 0.2) is 0 Å². The van der Waals surface area contributed by atoms with Gasteiger partial charge in [0.2, 0.25) is 0 Å². The molecule has 3 heteroatoms. The minimum Gasteiger partial charge on any atom is -0.382 e. The van der Waals surface area contributed by atoms with Gasteiger partial charge in [0.1, 0.15) is 0 Å². The van der Waals surface area contributed by atoms with Crippen LogP contribution in [0.1, 0.15) is 5.56 Å². The summed E-state index contributed by atoms with van der Waals surface area (Å²) < 4.78 is 10.2.